The van der Waals surface area contributed by atoms with Crippen LogP contribution in [0.2, 0.25) is 0 Å². The van der Waals surface area contributed by atoms with Gasteiger partial charge in [-0.2, -0.15) is 0 Å². The summed E-state index contributed by atoms with van der Waals surface area (Å²) in [6.45, 7) is 5.65. The van der Waals surface area contributed by atoms with E-state index in [-0.39, 0.29) is 17.4 Å². The van der Waals surface area contributed by atoms with E-state index in [1.54, 1.807) is 25.1 Å². The minimum Gasteiger partial charge on any atom is -0.335 e. The molecule has 0 aliphatic carbocycles. The average molecular weight is 375 g/mol. The number of benzene rings is 2. The van der Waals surface area contributed by atoms with Crippen molar-refractivity contribution in [2.75, 3.05) is 5.32 Å². The van der Waals surface area contributed by atoms with Crippen LogP contribution in [0.5, 0.6) is 0 Å². The van der Waals surface area contributed by atoms with Crippen molar-refractivity contribution in [3.05, 3.63) is 76.7 Å². The molecule has 1 amide bonds. The Labute approximate surface area is 161 Å². The fraction of sp³-hybridized carbons (Fsp3) is 0.136. The molecule has 2 aromatic heterocycles. The number of fused-ring (bicyclic) bond motifs is 1. The number of nitrogens with one attached hydrogen (secondary N) is 1. The number of carbonyl (C=O) groups excluding carboxylic acids is 1. The Bertz CT molecular complexity index is 1180. The van der Waals surface area contributed by atoms with Crippen LogP contribution < -0.4 is 5.32 Å². The van der Waals surface area contributed by atoms with Crippen molar-refractivity contribution in [2.45, 2.75) is 20.8 Å². The van der Waals surface area contributed by atoms with Crippen molar-refractivity contribution in [3.8, 4) is 11.3 Å². The number of halogens is 1. The molecule has 0 bridgehead atoms. The number of nitrogens with zero attached hydrogens (tertiary/aromatic N) is 2. The summed E-state index contributed by atoms with van der Waals surface area (Å²) in [4.78, 5) is 17.6. The molecular weight excluding hydrogens is 357 g/mol. The number of aromatic nitrogens is 2. The Kier molecular flexibility index (Phi) is 4.39. The Hall–Kier alpha value is -3.54. The van der Waals surface area contributed by atoms with Crippen LogP contribution in [0.3, 0.4) is 0 Å². The molecule has 0 saturated heterocycles. The summed E-state index contributed by atoms with van der Waals surface area (Å²) in [5.74, 6) is -0.618. The van der Waals surface area contributed by atoms with Gasteiger partial charge in [0.25, 0.3) is 11.6 Å². The molecular formula is C22H18FN3O2. The normalized spacial score (nSPS) is 11.0. The summed E-state index contributed by atoms with van der Waals surface area (Å²) in [5, 5.41) is 7.51. The minimum absolute atomic E-state index is 0.269. The van der Waals surface area contributed by atoms with Gasteiger partial charge >= 0.3 is 0 Å². The van der Waals surface area contributed by atoms with Crippen molar-refractivity contribution in [3.63, 3.8) is 0 Å². The molecule has 5 nitrogen and oxygen atoms in total. The second-order valence-electron chi connectivity index (χ2n) is 6.73. The molecule has 6 heteroatoms. The van der Waals surface area contributed by atoms with E-state index < -0.39 is 0 Å². The van der Waals surface area contributed by atoms with Crippen LogP contribution >= 0.6 is 0 Å². The first kappa shape index (κ1) is 17.9. The summed E-state index contributed by atoms with van der Waals surface area (Å²) in [6.07, 6.45) is 0. The van der Waals surface area contributed by atoms with E-state index >= 15 is 0 Å². The number of anilines is 1. The second kappa shape index (κ2) is 6.88. The first-order chi connectivity index (χ1) is 13.4. The molecule has 28 heavy (non-hydrogen) atoms. The summed E-state index contributed by atoms with van der Waals surface area (Å²) in [7, 11) is 0. The third-order valence-electron chi connectivity index (χ3n) is 4.72. The third-order valence-corrected chi connectivity index (χ3v) is 4.72. The number of rotatable bonds is 3. The van der Waals surface area contributed by atoms with Crippen LogP contribution in [0.25, 0.3) is 22.4 Å². The quantitative estimate of drug-likeness (QED) is 0.534. The minimum atomic E-state index is -0.340. The highest BCUT2D eigenvalue weighted by Gasteiger charge is 2.20. The van der Waals surface area contributed by atoms with Gasteiger partial charge in [-0.1, -0.05) is 23.4 Å². The first-order valence-corrected chi connectivity index (χ1v) is 8.84. The zero-order valence-electron chi connectivity index (χ0n) is 15.7. The maximum atomic E-state index is 13.3. The van der Waals surface area contributed by atoms with E-state index in [0.717, 1.165) is 16.8 Å². The van der Waals surface area contributed by atoms with Gasteiger partial charge in [-0.15, -0.1) is 0 Å². The molecule has 140 valence electrons. The lowest BCUT2D eigenvalue weighted by molar-refractivity contribution is 0.102. The SMILES string of the molecule is Cc1cccc(C)c1NC(=O)c1cc(-c2ccc(F)cc2)nc2onc(C)c12. The molecule has 2 heterocycles. The lowest BCUT2D eigenvalue weighted by Gasteiger charge is -2.12. The van der Waals surface area contributed by atoms with E-state index in [1.807, 2.05) is 32.0 Å². The summed E-state index contributed by atoms with van der Waals surface area (Å²) >= 11 is 0. The number of para-hydroxylation sites is 1. The molecule has 0 spiro atoms. The fourth-order valence-electron chi connectivity index (χ4n) is 3.23. The van der Waals surface area contributed by atoms with Gasteiger partial charge in [0.05, 0.1) is 22.3 Å². The highest BCUT2D eigenvalue weighted by Crippen LogP contribution is 2.29. The van der Waals surface area contributed by atoms with Crippen molar-refractivity contribution in [1.82, 2.24) is 10.1 Å². The van der Waals surface area contributed by atoms with Crippen LogP contribution in [-0.4, -0.2) is 16.0 Å². The largest absolute Gasteiger partial charge is 0.335 e. The Morgan fingerprint density at radius 2 is 1.71 bits per heavy atom. The lowest BCUT2D eigenvalue weighted by atomic mass is 10.0. The van der Waals surface area contributed by atoms with Crippen LogP contribution in [0, 0.1) is 26.6 Å². The highest BCUT2D eigenvalue weighted by atomic mass is 19.1. The standard InChI is InChI=1S/C22H18FN3O2/c1-12-5-4-6-13(2)20(12)25-21(27)17-11-18(15-7-9-16(23)10-8-15)24-22-19(17)14(3)26-28-22/h4-11H,1-3H3,(H,25,27). The number of pyridine rings is 1. The molecule has 4 aromatic rings. The van der Waals surface area contributed by atoms with E-state index in [1.165, 1.54) is 12.1 Å². The number of hydrogen-bond acceptors (Lipinski definition) is 4. The molecule has 1 N–H and O–H groups in total. The van der Waals surface area contributed by atoms with Gasteiger partial charge in [-0.25, -0.2) is 9.37 Å². The lowest BCUT2D eigenvalue weighted by Crippen LogP contribution is -2.15. The molecule has 0 unspecified atom stereocenters. The molecule has 0 radical (unpaired) electrons. The second-order valence-corrected chi connectivity index (χ2v) is 6.73. The summed E-state index contributed by atoms with van der Waals surface area (Å²) in [6, 6.07) is 13.4. The Balaban J connectivity index is 1.84. The maximum Gasteiger partial charge on any atom is 0.259 e. The monoisotopic (exact) mass is 375 g/mol. The van der Waals surface area contributed by atoms with Gasteiger partial charge in [0.2, 0.25) is 0 Å². The molecule has 2 aromatic carbocycles. The number of hydrogen-bond donors (Lipinski definition) is 1. The molecule has 0 saturated carbocycles. The fourth-order valence-corrected chi connectivity index (χ4v) is 3.23. The van der Waals surface area contributed by atoms with Gasteiger partial charge in [0.15, 0.2) is 0 Å². The van der Waals surface area contributed by atoms with Gasteiger partial charge < -0.3 is 9.84 Å². The third kappa shape index (κ3) is 3.13. The predicted molar refractivity (Wildman–Crippen MR) is 106 cm³/mol. The zero-order valence-corrected chi connectivity index (χ0v) is 15.7. The predicted octanol–water partition coefficient (Wildman–Crippen LogP) is 5.21. The first-order valence-electron chi connectivity index (χ1n) is 8.84. The van der Waals surface area contributed by atoms with Gasteiger partial charge in [-0.05, 0) is 62.2 Å². The number of carbonyl (C=O) groups is 1. The number of amides is 1. The van der Waals surface area contributed by atoms with Crippen molar-refractivity contribution in [2.24, 2.45) is 0 Å². The average Bonchev–Trinajstić information content (AvgIpc) is 3.05. The molecule has 0 aliphatic rings. The summed E-state index contributed by atoms with van der Waals surface area (Å²) < 4.78 is 18.6. The molecule has 0 atom stereocenters. The van der Waals surface area contributed by atoms with Gasteiger partial charge in [0, 0.05) is 11.3 Å². The Morgan fingerprint density at radius 3 is 2.39 bits per heavy atom. The highest BCUT2D eigenvalue weighted by molar-refractivity contribution is 6.13. The molecule has 0 fully saturated rings. The van der Waals surface area contributed by atoms with Crippen LogP contribution in [-0.2, 0) is 0 Å². The topological polar surface area (TPSA) is 68.0 Å². The van der Waals surface area contributed by atoms with Crippen molar-refractivity contribution in [1.29, 1.82) is 0 Å². The van der Waals surface area contributed by atoms with E-state index in [2.05, 4.69) is 15.5 Å². The number of aryl methyl sites for hydroxylation is 3. The van der Waals surface area contributed by atoms with Crippen LogP contribution in [0.15, 0.2) is 53.1 Å². The van der Waals surface area contributed by atoms with Crippen molar-refractivity contribution >= 4 is 22.7 Å². The summed E-state index contributed by atoms with van der Waals surface area (Å²) in [5.41, 5.74) is 5.17. The van der Waals surface area contributed by atoms with Crippen LogP contribution in [0.4, 0.5) is 10.1 Å². The van der Waals surface area contributed by atoms with Gasteiger partial charge in [-0.3, -0.25) is 4.79 Å². The molecule has 4 rings (SSSR count). The maximum absolute atomic E-state index is 13.3. The van der Waals surface area contributed by atoms with E-state index in [9.17, 15) is 9.18 Å². The zero-order chi connectivity index (χ0) is 19.8. The van der Waals surface area contributed by atoms with Crippen molar-refractivity contribution < 1.29 is 13.7 Å². The molecule has 0 aliphatic heterocycles. The van der Waals surface area contributed by atoms with Gasteiger partial charge in [0.1, 0.15) is 5.82 Å². The smallest absolute Gasteiger partial charge is 0.259 e. The van der Waals surface area contributed by atoms with Crippen LogP contribution in [0.1, 0.15) is 27.2 Å². The van der Waals surface area contributed by atoms with E-state index in [0.29, 0.717) is 27.9 Å². The Morgan fingerprint density at radius 1 is 1.04 bits per heavy atom. The van der Waals surface area contributed by atoms with E-state index in [4.69, 9.17) is 4.52 Å².